The predicted molar refractivity (Wildman–Crippen MR) is 70.0 cm³/mol. The number of aromatic nitrogens is 2. The molecule has 1 aliphatic rings. The highest BCUT2D eigenvalue weighted by molar-refractivity contribution is 7.99. The van der Waals surface area contributed by atoms with Gasteiger partial charge in [-0.1, -0.05) is 19.0 Å². The second-order valence-corrected chi connectivity index (χ2v) is 6.45. The van der Waals surface area contributed by atoms with Crippen LogP contribution in [0.3, 0.4) is 0 Å². The Morgan fingerprint density at radius 3 is 3.12 bits per heavy atom. The fourth-order valence-electron chi connectivity index (χ4n) is 2.02. The highest BCUT2D eigenvalue weighted by atomic mass is 32.2. The first-order chi connectivity index (χ1) is 8.24. The topological polar surface area (TPSA) is 51.0 Å². The summed E-state index contributed by atoms with van der Waals surface area (Å²) in [7, 11) is 0. The zero-order chi connectivity index (χ0) is 12.1. The Morgan fingerprint density at radius 2 is 2.41 bits per heavy atom. The second kappa shape index (κ2) is 6.40. The molecule has 0 saturated carbocycles. The second-order valence-electron chi connectivity index (χ2n) is 4.88. The van der Waals surface area contributed by atoms with Gasteiger partial charge in [0, 0.05) is 6.42 Å². The zero-order valence-electron chi connectivity index (χ0n) is 10.6. The SMILES string of the molecule is CC(C)SCc1noc(CC2CCCNC2)n1. The van der Waals surface area contributed by atoms with E-state index >= 15 is 0 Å². The number of piperidine rings is 1. The van der Waals surface area contributed by atoms with Crippen LogP contribution in [0, 0.1) is 5.92 Å². The molecule has 0 amide bonds. The average molecular weight is 255 g/mol. The number of hydrogen-bond donors (Lipinski definition) is 1. The molecule has 96 valence electrons. The first-order valence-corrected chi connectivity index (χ1v) is 7.42. The molecule has 1 unspecified atom stereocenters. The lowest BCUT2D eigenvalue weighted by molar-refractivity contribution is 0.315. The summed E-state index contributed by atoms with van der Waals surface area (Å²) in [5.74, 6) is 3.15. The molecule has 1 aromatic heterocycles. The number of nitrogens with zero attached hydrogens (tertiary/aromatic N) is 2. The summed E-state index contributed by atoms with van der Waals surface area (Å²) in [6.45, 7) is 6.59. The van der Waals surface area contributed by atoms with Crippen molar-refractivity contribution in [3.8, 4) is 0 Å². The lowest BCUT2D eigenvalue weighted by atomic mass is 9.96. The predicted octanol–water partition coefficient (Wildman–Crippen LogP) is 2.25. The van der Waals surface area contributed by atoms with Gasteiger partial charge in [-0.3, -0.25) is 0 Å². The van der Waals surface area contributed by atoms with Crippen molar-refractivity contribution in [2.75, 3.05) is 13.1 Å². The smallest absolute Gasteiger partial charge is 0.226 e. The Labute approximate surface area is 107 Å². The Balaban J connectivity index is 1.80. The van der Waals surface area contributed by atoms with Crippen molar-refractivity contribution in [3.63, 3.8) is 0 Å². The molecule has 1 aliphatic heterocycles. The van der Waals surface area contributed by atoms with E-state index in [0.717, 1.165) is 37.0 Å². The molecule has 1 fully saturated rings. The molecular formula is C12H21N3OS. The van der Waals surface area contributed by atoms with E-state index in [2.05, 4.69) is 29.3 Å². The van der Waals surface area contributed by atoms with Gasteiger partial charge in [-0.2, -0.15) is 16.7 Å². The minimum Gasteiger partial charge on any atom is -0.339 e. The molecule has 0 aromatic carbocycles. The Morgan fingerprint density at radius 1 is 1.53 bits per heavy atom. The molecule has 1 atom stereocenters. The summed E-state index contributed by atoms with van der Waals surface area (Å²) in [6, 6.07) is 0. The van der Waals surface area contributed by atoms with E-state index in [1.165, 1.54) is 12.8 Å². The van der Waals surface area contributed by atoms with E-state index in [-0.39, 0.29) is 0 Å². The molecule has 17 heavy (non-hydrogen) atoms. The van der Waals surface area contributed by atoms with Crippen LogP contribution in [-0.4, -0.2) is 28.5 Å². The van der Waals surface area contributed by atoms with Crippen LogP contribution >= 0.6 is 11.8 Å². The van der Waals surface area contributed by atoms with Crippen LogP contribution in [0.4, 0.5) is 0 Å². The van der Waals surface area contributed by atoms with Gasteiger partial charge < -0.3 is 9.84 Å². The van der Waals surface area contributed by atoms with Gasteiger partial charge in [-0.05, 0) is 37.1 Å². The number of thioether (sulfide) groups is 1. The molecule has 1 aromatic rings. The molecular weight excluding hydrogens is 234 g/mol. The third-order valence-electron chi connectivity index (χ3n) is 2.92. The van der Waals surface area contributed by atoms with Gasteiger partial charge in [0.15, 0.2) is 5.82 Å². The number of rotatable bonds is 5. The van der Waals surface area contributed by atoms with E-state index in [4.69, 9.17) is 4.52 Å². The maximum absolute atomic E-state index is 5.30. The summed E-state index contributed by atoms with van der Waals surface area (Å²) in [4.78, 5) is 4.45. The molecule has 0 radical (unpaired) electrons. The van der Waals surface area contributed by atoms with Crippen LogP contribution in [0.1, 0.15) is 38.4 Å². The van der Waals surface area contributed by atoms with Gasteiger partial charge in [0.25, 0.3) is 0 Å². The van der Waals surface area contributed by atoms with Gasteiger partial charge in [0.2, 0.25) is 5.89 Å². The van der Waals surface area contributed by atoms with Gasteiger partial charge in [0.1, 0.15) is 0 Å². The van der Waals surface area contributed by atoms with Gasteiger partial charge in [-0.15, -0.1) is 0 Å². The highest BCUT2D eigenvalue weighted by Crippen LogP contribution is 2.18. The van der Waals surface area contributed by atoms with Crippen LogP contribution < -0.4 is 5.32 Å². The lowest BCUT2D eigenvalue weighted by Gasteiger charge is -2.20. The van der Waals surface area contributed by atoms with Crippen molar-refractivity contribution in [1.29, 1.82) is 0 Å². The Hall–Kier alpha value is -0.550. The Bertz CT molecular complexity index is 334. The first kappa shape index (κ1) is 12.9. The summed E-state index contributed by atoms with van der Waals surface area (Å²) in [5.41, 5.74) is 0. The highest BCUT2D eigenvalue weighted by Gasteiger charge is 2.17. The van der Waals surface area contributed by atoms with Crippen LogP contribution in [0.25, 0.3) is 0 Å². The standard InChI is InChI=1S/C12H21N3OS/c1-9(2)17-8-11-14-12(16-15-11)6-10-4-3-5-13-7-10/h9-10,13H,3-8H2,1-2H3. The summed E-state index contributed by atoms with van der Waals surface area (Å²) in [6.07, 6.45) is 3.45. The summed E-state index contributed by atoms with van der Waals surface area (Å²) in [5, 5.41) is 8.04. The quantitative estimate of drug-likeness (QED) is 0.874. The molecule has 1 N–H and O–H groups in total. The van der Waals surface area contributed by atoms with Crippen molar-refractivity contribution in [2.24, 2.45) is 5.92 Å². The molecule has 1 saturated heterocycles. The monoisotopic (exact) mass is 255 g/mol. The zero-order valence-corrected chi connectivity index (χ0v) is 11.4. The molecule has 4 nitrogen and oxygen atoms in total. The van der Waals surface area contributed by atoms with E-state index in [9.17, 15) is 0 Å². The number of nitrogens with one attached hydrogen (secondary N) is 1. The molecule has 2 heterocycles. The maximum atomic E-state index is 5.30. The third kappa shape index (κ3) is 4.32. The molecule has 0 bridgehead atoms. The Kier molecular flexibility index (Phi) is 4.86. The molecule has 0 spiro atoms. The van der Waals surface area contributed by atoms with Crippen LogP contribution in [-0.2, 0) is 12.2 Å². The van der Waals surface area contributed by atoms with Crippen LogP contribution in [0.2, 0.25) is 0 Å². The van der Waals surface area contributed by atoms with E-state index in [1.54, 1.807) is 0 Å². The molecule has 0 aliphatic carbocycles. The van der Waals surface area contributed by atoms with Crippen molar-refractivity contribution in [2.45, 2.75) is 44.1 Å². The van der Waals surface area contributed by atoms with Gasteiger partial charge in [-0.25, -0.2) is 0 Å². The largest absolute Gasteiger partial charge is 0.339 e. The fraction of sp³-hybridized carbons (Fsp3) is 0.833. The van der Waals surface area contributed by atoms with Crippen LogP contribution in [0.5, 0.6) is 0 Å². The molecule has 2 rings (SSSR count). The first-order valence-electron chi connectivity index (χ1n) is 6.38. The summed E-state index contributed by atoms with van der Waals surface area (Å²) < 4.78 is 5.30. The van der Waals surface area contributed by atoms with Crippen molar-refractivity contribution >= 4 is 11.8 Å². The lowest BCUT2D eigenvalue weighted by Crippen LogP contribution is -2.30. The van der Waals surface area contributed by atoms with Crippen LogP contribution in [0.15, 0.2) is 4.52 Å². The van der Waals surface area contributed by atoms with Gasteiger partial charge in [0.05, 0.1) is 5.75 Å². The third-order valence-corrected chi connectivity index (χ3v) is 4.01. The van der Waals surface area contributed by atoms with E-state index in [0.29, 0.717) is 11.2 Å². The van der Waals surface area contributed by atoms with Crippen molar-refractivity contribution < 1.29 is 4.52 Å². The minimum atomic E-state index is 0.611. The number of hydrogen-bond acceptors (Lipinski definition) is 5. The van der Waals surface area contributed by atoms with E-state index in [1.807, 2.05) is 11.8 Å². The summed E-state index contributed by atoms with van der Waals surface area (Å²) >= 11 is 1.85. The van der Waals surface area contributed by atoms with Crippen molar-refractivity contribution in [1.82, 2.24) is 15.5 Å². The normalized spacial score (nSPS) is 21.0. The van der Waals surface area contributed by atoms with E-state index < -0.39 is 0 Å². The maximum Gasteiger partial charge on any atom is 0.226 e. The van der Waals surface area contributed by atoms with Gasteiger partial charge >= 0.3 is 0 Å². The minimum absolute atomic E-state index is 0.611. The molecule has 5 heteroatoms. The fourth-order valence-corrected chi connectivity index (χ4v) is 2.62. The average Bonchev–Trinajstić information content (AvgIpc) is 2.75. The van der Waals surface area contributed by atoms with Crippen molar-refractivity contribution in [3.05, 3.63) is 11.7 Å².